The summed E-state index contributed by atoms with van der Waals surface area (Å²) in [5, 5.41) is 0. The van der Waals surface area contributed by atoms with Crippen molar-refractivity contribution in [1.82, 2.24) is 4.98 Å². The highest BCUT2D eigenvalue weighted by Crippen LogP contribution is 2.71. The number of hydrogen-bond acceptors (Lipinski definition) is 1. The normalized spacial score (nSPS) is 46.3. The fourth-order valence-electron chi connectivity index (χ4n) is 10.6. The summed E-state index contributed by atoms with van der Waals surface area (Å²) in [5.74, 6) is 9.63. The van der Waals surface area contributed by atoms with Crippen LogP contribution in [0.5, 0.6) is 0 Å². The third-order valence-electron chi connectivity index (χ3n) is 12.7. The van der Waals surface area contributed by atoms with Crippen LogP contribution in [0, 0.1) is 85.4 Å². The predicted octanol–water partition coefficient (Wildman–Crippen LogP) is 8.80. The molecule has 0 amide bonds. The van der Waals surface area contributed by atoms with Crippen LogP contribution >= 0.6 is 0 Å². The second-order valence-corrected chi connectivity index (χ2v) is 13.8. The summed E-state index contributed by atoms with van der Waals surface area (Å²) in [4.78, 5) is 5.23. The molecule has 188 valence electrons. The van der Waals surface area contributed by atoms with Crippen LogP contribution in [0.1, 0.15) is 115 Å². The summed E-state index contributed by atoms with van der Waals surface area (Å²) >= 11 is 0. The first-order chi connectivity index (χ1) is 16.1. The van der Waals surface area contributed by atoms with Crippen molar-refractivity contribution in [1.29, 1.82) is 0 Å². The Labute approximate surface area is 211 Å². The van der Waals surface area contributed by atoms with Gasteiger partial charge in [0.05, 0.1) is 12.6 Å². The van der Waals surface area contributed by atoms with Gasteiger partial charge in [0.1, 0.15) is 5.56 Å². The van der Waals surface area contributed by atoms with Gasteiger partial charge in [-0.15, -0.1) is 0 Å². The van der Waals surface area contributed by atoms with Crippen molar-refractivity contribution in [2.45, 2.75) is 107 Å². The third kappa shape index (κ3) is 3.37. The molecule has 4 saturated carbocycles. The summed E-state index contributed by atoms with van der Waals surface area (Å²) in [5.41, 5.74) is 7.19. The van der Waals surface area contributed by atoms with E-state index in [2.05, 4.69) is 69.2 Å². The Hall–Kier alpha value is -0.980. The van der Waals surface area contributed by atoms with Crippen molar-refractivity contribution in [3.8, 4) is 0 Å². The van der Waals surface area contributed by atoms with Crippen LogP contribution in [0.4, 0.5) is 0 Å². The largest absolute Gasteiger partial charge is 0.220 e. The maximum absolute atomic E-state index is 5.23. The lowest BCUT2D eigenvalue weighted by Crippen LogP contribution is -2.47. The molecule has 0 N–H and O–H groups in total. The van der Waals surface area contributed by atoms with E-state index in [1.165, 1.54) is 54.5 Å². The number of pyridine rings is 1. The summed E-state index contributed by atoms with van der Waals surface area (Å²) < 4.78 is 0. The molecule has 0 aromatic carbocycles. The van der Waals surface area contributed by atoms with Gasteiger partial charge in [-0.2, -0.15) is 0 Å². The molecule has 34 heavy (non-hydrogen) atoms. The van der Waals surface area contributed by atoms with Gasteiger partial charge >= 0.3 is 0 Å². The van der Waals surface area contributed by atoms with Crippen molar-refractivity contribution in [3.05, 3.63) is 35.0 Å². The first-order valence-corrected chi connectivity index (χ1v) is 14.9. The second-order valence-electron chi connectivity index (χ2n) is 13.8. The van der Waals surface area contributed by atoms with E-state index in [9.17, 15) is 0 Å². The minimum atomic E-state index is 0.476. The van der Waals surface area contributed by atoms with Gasteiger partial charge in [-0.05, 0) is 109 Å². The zero-order chi connectivity index (χ0) is 24.7. The maximum atomic E-state index is 5.23. The molecule has 11 unspecified atom stereocenters. The predicted molar refractivity (Wildman–Crippen MR) is 145 cm³/mol. The molecule has 1 nitrogen and oxygen atoms in total. The molecule has 4 fully saturated rings. The van der Waals surface area contributed by atoms with Crippen LogP contribution in [-0.4, -0.2) is 4.98 Å². The van der Waals surface area contributed by atoms with Crippen LogP contribution < -0.4 is 0 Å². The van der Waals surface area contributed by atoms with E-state index in [0.717, 1.165) is 71.3 Å². The molecule has 1 heteroatoms. The lowest BCUT2D eigenvalue weighted by Gasteiger charge is -2.52. The monoisotopic (exact) mass is 462 g/mol. The van der Waals surface area contributed by atoms with E-state index < -0.39 is 0 Å². The van der Waals surface area contributed by atoms with E-state index in [1.807, 2.05) is 0 Å². The van der Waals surface area contributed by atoms with E-state index in [1.54, 1.807) is 0 Å². The van der Waals surface area contributed by atoms with Gasteiger partial charge < -0.3 is 0 Å². The standard InChI is InChI=1S/C33H52N/c1-11-25-19(5)18(4)23(9)34-32(25)26-16-28-27(15-17(26)3)30-22(8)29(24-13-14-24)20(6)21(7)31(30)33(28,10)12-2/h17,20-22,24,26-31H,9,11-16H2,1-8,10H3/q+1. The molecule has 0 saturated heterocycles. The molecule has 1 aromatic rings. The van der Waals surface area contributed by atoms with Gasteiger partial charge in [0.15, 0.2) is 0 Å². The molecule has 0 aliphatic heterocycles. The first-order valence-electron chi connectivity index (χ1n) is 14.9. The molecular formula is C33H52N+. The minimum absolute atomic E-state index is 0.476. The van der Waals surface area contributed by atoms with Crippen LogP contribution in [0.3, 0.4) is 0 Å². The average molecular weight is 463 g/mol. The molecule has 1 aromatic heterocycles. The lowest BCUT2D eigenvalue weighted by atomic mass is 9.53. The number of nitrogens with zero attached hydrogens (tertiary/aromatic N) is 1. The van der Waals surface area contributed by atoms with Gasteiger partial charge in [-0.1, -0.05) is 54.9 Å². The van der Waals surface area contributed by atoms with E-state index >= 15 is 0 Å². The van der Waals surface area contributed by atoms with Gasteiger partial charge in [0.2, 0.25) is 5.69 Å². The van der Waals surface area contributed by atoms with E-state index in [-0.39, 0.29) is 0 Å². The molecule has 11 atom stereocenters. The van der Waals surface area contributed by atoms with Crippen LogP contribution in [0.2, 0.25) is 0 Å². The van der Waals surface area contributed by atoms with Gasteiger partial charge in [0, 0.05) is 18.4 Å². The minimum Gasteiger partial charge on any atom is -0.213 e. The van der Waals surface area contributed by atoms with Crippen LogP contribution in [-0.2, 0) is 6.42 Å². The molecule has 0 radical (unpaired) electrons. The van der Waals surface area contributed by atoms with Crippen molar-refractivity contribution in [2.75, 3.05) is 0 Å². The van der Waals surface area contributed by atoms with Crippen molar-refractivity contribution < 1.29 is 0 Å². The fourth-order valence-corrected chi connectivity index (χ4v) is 10.6. The summed E-state index contributed by atoms with van der Waals surface area (Å²) in [6.07, 6.45) is 8.22. The first kappa shape index (κ1) is 24.7. The SMILES string of the molecule is [CH2+]c1nc(C2CC3C(CC2C)C2C(C)C(C4CC4)C(C)C(C)C2C3(C)CC)c(CC)c(C)c1C. The topological polar surface area (TPSA) is 12.9 Å². The number of aromatic nitrogens is 1. The molecular weight excluding hydrogens is 410 g/mol. The Kier molecular flexibility index (Phi) is 6.21. The molecule has 5 rings (SSSR count). The smallest absolute Gasteiger partial charge is 0.213 e. The van der Waals surface area contributed by atoms with E-state index in [0.29, 0.717) is 11.3 Å². The van der Waals surface area contributed by atoms with Crippen LogP contribution in [0.15, 0.2) is 0 Å². The Morgan fingerprint density at radius 3 is 2.18 bits per heavy atom. The van der Waals surface area contributed by atoms with Gasteiger partial charge in [-0.25, -0.2) is 4.98 Å². The number of fused-ring (bicyclic) bond motifs is 3. The van der Waals surface area contributed by atoms with Gasteiger partial charge in [-0.3, -0.25) is 0 Å². The number of rotatable bonds is 4. The highest BCUT2D eigenvalue weighted by molar-refractivity contribution is 5.42. The Morgan fingerprint density at radius 1 is 0.912 bits per heavy atom. The number of hydrogen-bond donors (Lipinski definition) is 0. The zero-order valence-corrected chi connectivity index (χ0v) is 23.7. The van der Waals surface area contributed by atoms with Crippen LogP contribution in [0.25, 0.3) is 0 Å². The van der Waals surface area contributed by atoms with Crippen molar-refractivity contribution >= 4 is 0 Å². The highest BCUT2D eigenvalue weighted by Gasteiger charge is 2.65. The maximum Gasteiger partial charge on any atom is 0.220 e. The average Bonchev–Trinajstić information content (AvgIpc) is 3.60. The molecule has 4 aliphatic rings. The highest BCUT2D eigenvalue weighted by atomic mass is 14.8. The lowest BCUT2D eigenvalue weighted by molar-refractivity contribution is -0.0439. The Balaban J connectivity index is 1.55. The molecule has 4 aliphatic carbocycles. The molecule has 1 heterocycles. The van der Waals surface area contributed by atoms with E-state index in [4.69, 9.17) is 4.98 Å². The summed E-state index contributed by atoms with van der Waals surface area (Å²) in [7, 11) is 0. The third-order valence-corrected chi connectivity index (χ3v) is 12.7. The molecule has 0 bridgehead atoms. The zero-order valence-electron chi connectivity index (χ0n) is 23.7. The Morgan fingerprint density at radius 2 is 1.59 bits per heavy atom. The second kappa shape index (κ2) is 8.55. The summed E-state index contributed by atoms with van der Waals surface area (Å²) in [6, 6.07) is 0. The van der Waals surface area contributed by atoms with Gasteiger partial charge in [0.25, 0.3) is 0 Å². The van der Waals surface area contributed by atoms with Crippen molar-refractivity contribution in [3.63, 3.8) is 0 Å². The van der Waals surface area contributed by atoms with Crippen molar-refractivity contribution in [2.24, 2.45) is 64.6 Å². The Bertz CT molecular complexity index is 927. The fraction of sp³-hybridized carbons (Fsp3) is 0.818. The summed E-state index contributed by atoms with van der Waals surface area (Å²) in [6.45, 7) is 27.0. The quantitative estimate of drug-likeness (QED) is 0.407. The molecule has 0 spiro atoms.